The topological polar surface area (TPSA) is 86.8 Å². The molecule has 0 unspecified atom stereocenters. The average molecular weight is 498 g/mol. The standard InChI is InChI=1S/C23H29ClFN3O4S/c1-5-16(2)26-23(30)17(3)27(14-18-10-12-19(24)13-11-18)22(29)15-28(33(4,31)32)21-9-7-6-8-20(21)25/h6-13,16-17H,5,14-15H2,1-4H3,(H,26,30)/t16-,17-/m1/s1. The molecule has 33 heavy (non-hydrogen) atoms. The van der Waals surface area contributed by atoms with Gasteiger partial charge < -0.3 is 10.2 Å². The SMILES string of the molecule is CC[C@@H](C)NC(=O)[C@@H](C)N(Cc1ccc(Cl)cc1)C(=O)CN(c1ccccc1F)S(C)(=O)=O. The van der Waals surface area contributed by atoms with Crippen LogP contribution in [0.4, 0.5) is 10.1 Å². The molecule has 2 aromatic carbocycles. The third kappa shape index (κ3) is 7.43. The largest absolute Gasteiger partial charge is 0.352 e. The molecule has 2 amide bonds. The van der Waals surface area contributed by atoms with Crippen molar-refractivity contribution >= 4 is 39.1 Å². The van der Waals surface area contributed by atoms with Crippen LogP contribution < -0.4 is 9.62 Å². The van der Waals surface area contributed by atoms with Gasteiger partial charge in [-0.25, -0.2) is 12.8 Å². The fraction of sp³-hybridized carbons (Fsp3) is 0.391. The summed E-state index contributed by atoms with van der Waals surface area (Å²) in [5.41, 5.74) is 0.462. The van der Waals surface area contributed by atoms with Crippen LogP contribution in [-0.4, -0.2) is 50.0 Å². The summed E-state index contributed by atoms with van der Waals surface area (Å²) in [5.74, 6) is -1.79. The summed E-state index contributed by atoms with van der Waals surface area (Å²) in [7, 11) is -3.99. The van der Waals surface area contributed by atoms with Crippen molar-refractivity contribution in [2.45, 2.75) is 45.8 Å². The van der Waals surface area contributed by atoms with E-state index in [1.54, 1.807) is 31.2 Å². The van der Waals surface area contributed by atoms with Gasteiger partial charge in [-0.05, 0) is 50.1 Å². The number of halogens is 2. The minimum absolute atomic E-state index is 0.0416. The molecule has 2 aromatic rings. The molecule has 2 rings (SSSR count). The zero-order chi connectivity index (χ0) is 24.8. The molecule has 0 heterocycles. The highest BCUT2D eigenvalue weighted by Gasteiger charge is 2.31. The van der Waals surface area contributed by atoms with Gasteiger partial charge in [-0.15, -0.1) is 0 Å². The monoisotopic (exact) mass is 497 g/mol. The zero-order valence-electron chi connectivity index (χ0n) is 19.1. The zero-order valence-corrected chi connectivity index (χ0v) is 20.7. The van der Waals surface area contributed by atoms with Crippen LogP contribution in [0.15, 0.2) is 48.5 Å². The van der Waals surface area contributed by atoms with Gasteiger partial charge in [-0.3, -0.25) is 13.9 Å². The van der Waals surface area contributed by atoms with Crippen LogP contribution in [0.5, 0.6) is 0 Å². The molecule has 0 saturated heterocycles. The van der Waals surface area contributed by atoms with Crippen molar-refractivity contribution in [1.29, 1.82) is 0 Å². The predicted octanol–water partition coefficient (Wildman–Crippen LogP) is 3.58. The normalized spacial score (nSPS) is 13.2. The molecular formula is C23H29ClFN3O4S. The van der Waals surface area contributed by atoms with Gasteiger partial charge in [0.25, 0.3) is 0 Å². The van der Waals surface area contributed by atoms with Gasteiger partial charge in [-0.2, -0.15) is 0 Å². The second-order valence-corrected chi connectivity index (χ2v) is 10.2. The van der Waals surface area contributed by atoms with Gasteiger partial charge in [0.2, 0.25) is 21.8 Å². The van der Waals surface area contributed by atoms with Crippen molar-refractivity contribution in [3.8, 4) is 0 Å². The van der Waals surface area contributed by atoms with Gasteiger partial charge in [-0.1, -0.05) is 42.8 Å². The van der Waals surface area contributed by atoms with E-state index in [2.05, 4.69) is 5.32 Å². The van der Waals surface area contributed by atoms with Crippen molar-refractivity contribution in [3.63, 3.8) is 0 Å². The Labute approximate surface area is 199 Å². The lowest BCUT2D eigenvalue weighted by Gasteiger charge is -2.32. The van der Waals surface area contributed by atoms with Gasteiger partial charge in [0.05, 0.1) is 11.9 Å². The second-order valence-electron chi connectivity index (χ2n) is 7.86. The molecule has 7 nitrogen and oxygen atoms in total. The first-order valence-corrected chi connectivity index (χ1v) is 12.7. The van der Waals surface area contributed by atoms with Crippen molar-refractivity contribution in [1.82, 2.24) is 10.2 Å². The smallest absolute Gasteiger partial charge is 0.244 e. The summed E-state index contributed by atoms with van der Waals surface area (Å²) in [6.45, 7) is 4.72. The third-order valence-electron chi connectivity index (χ3n) is 5.23. The molecule has 0 fully saturated rings. The van der Waals surface area contributed by atoms with E-state index in [4.69, 9.17) is 11.6 Å². The summed E-state index contributed by atoms with van der Waals surface area (Å²) in [5, 5.41) is 3.35. The van der Waals surface area contributed by atoms with Crippen molar-refractivity contribution in [2.24, 2.45) is 0 Å². The Bertz CT molecular complexity index is 1080. The maximum atomic E-state index is 14.4. The number of nitrogens with zero attached hydrogens (tertiary/aromatic N) is 2. The number of rotatable bonds is 10. The van der Waals surface area contributed by atoms with Crippen LogP contribution in [0.25, 0.3) is 0 Å². The molecule has 1 N–H and O–H groups in total. The third-order valence-corrected chi connectivity index (χ3v) is 6.61. The molecule has 2 atom stereocenters. The summed E-state index contributed by atoms with van der Waals surface area (Å²) in [4.78, 5) is 27.4. The molecule has 10 heteroatoms. The quantitative estimate of drug-likeness (QED) is 0.543. The maximum absolute atomic E-state index is 14.4. The lowest BCUT2D eigenvalue weighted by atomic mass is 10.1. The molecule has 0 spiro atoms. The molecule has 0 saturated carbocycles. The van der Waals surface area contributed by atoms with Gasteiger partial charge in [0.15, 0.2) is 0 Å². The van der Waals surface area contributed by atoms with Gasteiger partial charge >= 0.3 is 0 Å². The number of hydrogen-bond acceptors (Lipinski definition) is 4. The Morgan fingerprint density at radius 1 is 1.09 bits per heavy atom. The highest BCUT2D eigenvalue weighted by molar-refractivity contribution is 7.92. The van der Waals surface area contributed by atoms with Crippen molar-refractivity contribution in [3.05, 3.63) is 64.9 Å². The number of para-hydroxylation sites is 1. The summed E-state index contributed by atoms with van der Waals surface area (Å²) in [6, 6.07) is 11.1. The van der Waals surface area contributed by atoms with Gasteiger partial charge in [0, 0.05) is 17.6 Å². The first-order valence-electron chi connectivity index (χ1n) is 10.5. The highest BCUT2D eigenvalue weighted by Crippen LogP contribution is 2.22. The minimum Gasteiger partial charge on any atom is -0.352 e. The molecule has 180 valence electrons. The van der Waals surface area contributed by atoms with Crippen LogP contribution in [0.1, 0.15) is 32.8 Å². The molecule has 0 aliphatic heterocycles. The number of carbonyl (C=O) groups excluding carboxylic acids is 2. The summed E-state index contributed by atoms with van der Waals surface area (Å²) < 4.78 is 39.9. The highest BCUT2D eigenvalue weighted by atomic mass is 35.5. The lowest BCUT2D eigenvalue weighted by molar-refractivity contribution is -0.139. The summed E-state index contributed by atoms with van der Waals surface area (Å²) in [6.07, 6.45) is 1.61. The van der Waals surface area contributed by atoms with E-state index in [0.717, 1.165) is 12.3 Å². The Hall–Kier alpha value is -2.65. The Balaban J connectivity index is 2.39. The summed E-state index contributed by atoms with van der Waals surface area (Å²) >= 11 is 5.95. The molecule has 0 radical (unpaired) electrons. The van der Waals surface area contributed by atoms with E-state index in [1.807, 2.05) is 13.8 Å². The van der Waals surface area contributed by atoms with Crippen LogP contribution >= 0.6 is 11.6 Å². The van der Waals surface area contributed by atoms with Crippen molar-refractivity contribution < 1.29 is 22.4 Å². The van der Waals surface area contributed by atoms with E-state index in [9.17, 15) is 22.4 Å². The molecule has 0 bridgehead atoms. The average Bonchev–Trinajstić information content (AvgIpc) is 2.76. The van der Waals surface area contributed by atoms with Crippen LogP contribution in [0, 0.1) is 5.82 Å². The number of sulfonamides is 1. The fourth-order valence-corrected chi connectivity index (χ4v) is 4.06. The van der Waals surface area contributed by atoms with Gasteiger partial charge in [0.1, 0.15) is 18.4 Å². The van der Waals surface area contributed by atoms with E-state index in [1.165, 1.54) is 23.1 Å². The lowest BCUT2D eigenvalue weighted by Crippen LogP contribution is -2.52. The minimum atomic E-state index is -3.99. The van der Waals surface area contributed by atoms with Crippen molar-refractivity contribution in [2.75, 3.05) is 17.1 Å². The predicted molar refractivity (Wildman–Crippen MR) is 128 cm³/mol. The number of amides is 2. The Morgan fingerprint density at radius 3 is 2.24 bits per heavy atom. The number of hydrogen-bond donors (Lipinski definition) is 1. The molecule has 0 aromatic heterocycles. The molecule has 0 aliphatic carbocycles. The fourth-order valence-electron chi connectivity index (χ4n) is 3.08. The number of anilines is 1. The maximum Gasteiger partial charge on any atom is 0.244 e. The Kier molecular flexibility index (Phi) is 9.25. The molecular weight excluding hydrogens is 469 g/mol. The van der Waals surface area contributed by atoms with E-state index in [-0.39, 0.29) is 24.2 Å². The Morgan fingerprint density at radius 2 is 1.70 bits per heavy atom. The first kappa shape index (κ1) is 26.6. The first-order chi connectivity index (χ1) is 15.4. The van der Waals surface area contributed by atoms with Crippen LogP contribution in [0.2, 0.25) is 5.02 Å². The second kappa shape index (κ2) is 11.5. The molecule has 0 aliphatic rings. The number of benzene rings is 2. The van der Waals surface area contributed by atoms with Crippen LogP contribution in [-0.2, 0) is 26.2 Å². The van der Waals surface area contributed by atoms with E-state index in [0.29, 0.717) is 21.3 Å². The number of nitrogens with one attached hydrogen (secondary N) is 1. The van der Waals surface area contributed by atoms with Crippen LogP contribution in [0.3, 0.4) is 0 Å². The number of carbonyl (C=O) groups is 2. The van der Waals surface area contributed by atoms with E-state index >= 15 is 0 Å². The van der Waals surface area contributed by atoms with E-state index < -0.39 is 34.3 Å².